The summed E-state index contributed by atoms with van der Waals surface area (Å²) in [6.45, 7) is 1.85. The van der Waals surface area contributed by atoms with Crippen molar-refractivity contribution in [2.45, 2.75) is 13.0 Å². The smallest absolute Gasteiger partial charge is 0.325 e. The van der Waals surface area contributed by atoms with Crippen LogP contribution in [0.4, 0.5) is 10.1 Å². The van der Waals surface area contributed by atoms with Crippen LogP contribution >= 0.6 is 9.39 Å². The highest BCUT2D eigenvalue weighted by molar-refractivity contribution is 7.15. The molecule has 1 amide bonds. The number of esters is 1. The Morgan fingerprint density at radius 2 is 2.33 bits per heavy atom. The van der Waals surface area contributed by atoms with Gasteiger partial charge in [-0.05, 0) is 28.4 Å². The molecule has 1 aromatic rings. The largest absolute Gasteiger partial charge is 0.476 e. The van der Waals surface area contributed by atoms with Crippen molar-refractivity contribution in [1.29, 1.82) is 0 Å². The molecule has 0 aromatic heterocycles. The molecule has 0 bridgehead atoms. The lowest BCUT2D eigenvalue weighted by atomic mass is 10.1. The van der Waals surface area contributed by atoms with E-state index in [4.69, 9.17) is 9.47 Å². The zero-order chi connectivity index (χ0) is 15.4. The lowest BCUT2D eigenvalue weighted by Gasteiger charge is -2.34. The van der Waals surface area contributed by atoms with Crippen LogP contribution < -0.4 is 14.7 Å². The Labute approximate surface area is 123 Å². The van der Waals surface area contributed by atoms with Crippen LogP contribution in [-0.2, 0) is 14.3 Å². The van der Waals surface area contributed by atoms with Gasteiger partial charge in [0.1, 0.15) is 23.8 Å². The SMILES string of the molecule is CCOC(=O)CN1CC(C(=O)NP)Oc2cccc(F)c21. The van der Waals surface area contributed by atoms with E-state index in [1.807, 2.05) is 0 Å². The first-order chi connectivity index (χ1) is 10.1. The molecule has 2 rings (SSSR count). The van der Waals surface area contributed by atoms with Gasteiger partial charge in [0.25, 0.3) is 5.91 Å². The predicted molar refractivity (Wildman–Crippen MR) is 77.5 cm³/mol. The molecule has 1 heterocycles. The number of ether oxygens (including phenoxy) is 2. The van der Waals surface area contributed by atoms with Gasteiger partial charge in [-0.2, -0.15) is 0 Å². The standard InChI is InChI=1S/C13H16FN2O4P/c1-2-19-11(17)7-16-6-10(13(18)15-21)20-9-5-3-4-8(14)12(9)16/h3-5,10H,2,6-7,21H2,1H3,(H,15,18). The Hall–Kier alpha value is -1.88. The minimum absolute atomic E-state index is 0.0625. The second kappa shape index (κ2) is 6.72. The molecule has 1 aromatic carbocycles. The Balaban J connectivity index is 2.29. The fraction of sp³-hybridized carbons (Fsp3) is 0.385. The molecule has 2 atom stereocenters. The van der Waals surface area contributed by atoms with Gasteiger partial charge in [-0.1, -0.05) is 6.07 Å². The first-order valence-electron chi connectivity index (χ1n) is 6.43. The number of rotatable bonds is 4. The lowest BCUT2D eigenvalue weighted by molar-refractivity contribution is -0.141. The third kappa shape index (κ3) is 3.42. The Bertz CT molecular complexity index is 555. The van der Waals surface area contributed by atoms with Crippen molar-refractivity contribution >= 4 is 27.0 Å². The number of halogens is 1. The Morgan fingerprint density at radius 3 is 3.00 bits per heavy atom. The van der Waals surface area contributed by atoms with Gasteiger partial charge in [-0.25, -0.2) is 4.39 Å². The number of benzene rings is 1. The highest BCUT2D eigenvalue weighted by atomic mass is 31.0. The van der Waals surface area contributed by atoms with E-state index in [0.717, 1.165) is 0 Å². The Morgan fingerprint density at radius 1 is 1.57 bits per heavy atom. The molecule has 0 aliphatic carbocycles. The number of carbonyl (C=O) groups excluding carboxylic acids is 2. The van der Waals surface area contributed by atoms with Crippen molar-refractivity contribution in [3.63, 3.8) is 0 Å². The summed E-state index contributed by atoms with van der Waals surface area (Å²) < 4.78 is 24.3. The van der Waals surface area contributed by atoms with Crippen LogP contribution in [0.2, 0.25) is 0 Å². The second-order valence-electron chi connectivity index (χ2n) is 4.39. The molecule has 0 saturated heterocycles. The maximum Gasteiger partial charge on any atom is 0.325 e. The molecule has 1 aliphatic heterocycles. The first kappa shape index (κ1) is 15.5. The van der Waals surface area contributed by atoms with Gasteiger partial charge in [0.05, 0.1) is 13.2 Å². The first-order valence-corrected chi connectivity index (χ1v) is 7.00. The molecule has 0 radical (unpaired) electrons. The number of fused-ring (bicyclic) bond motifs is 1. The summed E-state index contributed by atoms with van der Waals surface area (Å²) in [7, 11) is 2.09. The van der Waals surface area contributed by atoms with Crippen LogP contribution in [0, 0.1) is 5.82 Å². The molecule has 1 N–H and O–H groups in total. The van der Waals surface area contributed by atoms with Crippen molar-refractivity contribution in [2.75, 3.05) is 24.6 Å². The average Bonchev–Trinajstić information content (AvgIpc) is 2.46. The van der Waals surface area contributed by atoms with Crippen molar-refractivity contribution in [3.8, 4) is 5.75 Å². The summed E-state index contributed by atoms with van der Waals surface area (Å²) in [6, 6.07) is 4.31. The summed E-state index contributed by atoms with van der Waals surface area (Å²) in [4.78, 5) is 24.8. The zero-order valence-corrected chi connectivity index (χ0v) is 12.6. The van der Waals surface area contributed by atoms with Crippen molar-refractivity contribution in [3.05, 3.63) is 24.0 Å². The summed E-state index contributed by atoms with van der Waals surface area (Å²) in [5.74, 6) is -1.15. The Kier molecular flexibility index (Phi) is 4.96. The molecule has 6 nitrogen and oxygen atoms in total. The topological polar surface area (TPSA) is 67.9 Å². The normalized spacial score (nSPS) is 16.7. The molecule has 0 saturated carbocycles. The van der Waals surface area contributed by atoms with Crippen LogP contribution in [0.3, 0.4) is 0 Å². The minimum Gasteiger partial charge on any atom is -0.476 e. The number of nitrogens with zero attached hydrogens (tertiary/aromatic N) is 1. The summed E-state index contributed by atoms with van der Waals surface area (Å²) in [6.07, 6.45) is -0.828. The number of anilines is 1. The van der Waals surface area contributed by atoms with Gasteiger partial charge in [-0.15, -0.1) is 0 Å². The maximum absolute atomic E-state index is 14.0. The fourth-order valence-electron chi connectivity index (χ4n) is 2.11. The quantitative estimate of drug-likeness (QED) is 0.659. The van der Waals surface area contributed by atoms with Crippen LogP contribution in [0.25, 0.3) is 0 Å². The van der Waals surface area contributed by atoms with Crippen molar-refractivity contribution in [1.82, 2.24) is 5.09 Å². The number of hydrogen-bond acceptors (Lipinski definition) is 5. The molecule has 8 heteroatoms. The van der Waals surface area contributed by atoms with E-state index in [2.05, 4.69) is 14.5 Å². The molecule has 0 spiro atoms. The van der Waals surface area contributed by atoms with Gasteiger partial charge in [0.15, 0.2) is 6.10 Å². The zero-order valence-electron chi connectivity index (χ0n) is 11.5. The summed E-state index contributed by atoms with van der Waals surface area (Å²) >= 11 is 0. The predicted octanol–water partition coefficient (Wildman–Crippen LogP) is 0.862. The van der Waals surface area contributed by atoms with Crippen molar-refractivity contribution < 1.29 is 23.5 Å². The summed E-state index contributed by atoms with van der Waals surface area (Å²) in [5, 5.41) is 2.40. The number of nitrogens with one attached hydrogen (secondary N) is 1. The van der Waals surface area contributed by atoms with Crippen LogP contribution in [0.1, 0.15) is 6.92 Å². The number of amides is 1. The summed E-state index contributed by atoms with van der Waals surface area (Å²) in [5.41, 5.74) is 0.165. The van der Waals surface area contributed by atoms with Crippen LogP contribution in [0.15, 0.2) is 18.2 Å². The molecule has 2 unspecified atom stereocenters. The van der Waals surface area contributed by atoms with E-state index in [0.29, 0.717) is 0 Å². The molecule has 1 aliphatic rings. The van der Waals surface area contributed by atoms with Gasteiger partial charge in [0, 0.05) is 0 Å². The molecular formula is C13H16FN2O4P. The van der Waals surface area contributed by atoms with Crippen molar-refractivity contribution in [2.24, 2.45) is 0 Å². The van der Waals surface area contributed by atoms with Crippen LogP contribution in [-0.4, -0.2) is 37.7 Å². The van der Waals surface area contributed by atoms with E-state index < -0.39 is 17.9 Å². The number of para-hydroxylation sites is 1. The minimum atomic E-state index is -0.828. The van der Waals surface area contributed by atoms with Crippen LogP contribution in [0.5, 0.6) is 5.75 Å². The van der Waals surface area contributed by atoms with E-state index in [1.165, 1.54) is 17.0 Å². The molecule has 21 heavy (non-hydrogen) atoms. The molecule has 114 valence electrons. The van der Waals surface area contributed by atoms with Gasteiger partial charge >= 0.3 is 5.97 Å². The average molecular weight is 314 g/mol. The lowest BCUT2D eigenvalue weighted by Crippen LogP contribution is -2.49. The second-order valence-corrected chi connectivity index (χ2v) is 4.68. The van der Waals surface area contributed by atoms with E-state index in [9.17, 15) is 14.0 Å². The van der Waals surface area contributed by atoms with Gasteiger partial charge < -0.3 is 19.5 Å². The van der Waals surface area contributed by atoms with Gasteiger partial charge in [0.2, 0.25) is 0 Å². The van der Waals surface area contributed by atoms with E-state index in [1.54, 1.807) is 13.0 Å². The molecular weight excluding hydrogens is 298 g/mol. The highest BCUT2D eigenvalue weighted by Gasteiger charge is 2.33. The molecule has 0 fully saturated rings. The van der Waals surface area contributed by atoms with E-state index in [-0.39, 0.29) is 37.0 Å². The number of hydrogen-bond donors (Lipinski definition) is 1. The highest BCUT2D eigenvalue weighted by Crippen LogP contribution is 2.35. The van der Waals surface area contributed by atoms with Gasteiger partial charge in [-0.3, -0.25) is 9.59 Å². The monoisotopic (exact) mass is 314 g/mol. The number of carbonyl (C=O) groups is 2. The van der Waals surface area contributed by atoms with E-state index >= 15 is 0 Å². The third-order valence-corrected chi connectivity index (χ3v) is 3.27. The fourth-order valence-corrected chi connectivity index (χ4v) is 2.30. The third-order valence-electron chi connectivity index (χ3n) is 2.98. The maximum atomic E-state index is 14.0.